The third kappa shape index (κ3) is 4.31. The van der Waals surface area contributed by atoms with Gasteiger partial charge in [0, 0.05) is 24.4 Å². The van der Waals surface area contributed by atoms with Gasteiger partial charge in [-0.3, -0.25) is 9.36 Å². The first kappa shape index (κ1) is 22.5. The van der Waals surface area contributed by atoms with Crippen LogP contribution in [0.4, 0.5) is 0 Å². The van der Waals surface area contributed by atoms with Gasteiger partial charge in [-0.15, -0.1) is 0 Å². The molecular formula is C27H36N4O. The number of rotatable bonds is 7. The number of ether oxygens (including phenoxy) is 1. The Morgan fingerprint density at radius 2 is 1.59 bits per heavy atom. The van der Waals surface area contributed by atoms with E-state index in [0.717, 1.165) is 25.2 Å². The molecule has 4 aromatic rings. The van der Waals surface area contributed by atoms with E-state index >= 15 is 0 Å². The van der Waals surface area contributed by atoms with Crippen molar-refractivity contribution in [2.24, 2.45) is 0 Å². The summed E-state index contributed by atoms with van der Waals surface area (Å²) in [4.78, 5) is 0. The Morgan fingerprint density at radius 1 is 0.875 bits per heavy atom. The van der Waals surface area contributed by atoms with Gasteiger partial charge in [-0.1, -0.05) is 58.9 Å². The number of fused-ring (bicyclic) bond motifs is 2. The molecule has 0 unspecified atom stereocenters. The van der Waals surface area contributed by atoms with Crippen molar-refractivity contribution in [2.75, 3.05) is 13.7 Å². The Kier molecular flexibility index (Phi) is 5.89. The van der Waals surface area contributed by atoms with Crippen molar-refractivity contribution in [3.05, 3.63) is 59.4 Å². The van der Waals surface area contributed by atoms with E-state index in [1.54, 1.807) is 7.11 Å². The molecule has 0 aliphatic rings. The molecule has 5 nitrogen and oxygen atoms in total. The molecule has 0 N–H and O–H groups in total. The standard InChI is InChI=1S/C27H36N4O/c1-19-23-11-10-21(26(2,3)4)16-25(23)31(29-19)13-12-27(5,6)22-9-8-20-18-28-30(14-15-32-7)24(20)17-22/h8-11,16-18H,12-15H2,1-7H3. The molecule has 0 fully saturated rings. The van der Waals surface area contributed by atoms with E-state index < -0.39 is 0 Å². The zero-order valence-corrected chi connectivity index (χ0v) is 20.6. The summed E-state index contributed by atoms with van der Waals surface area (Å²) in [6.07, 6.45) is 2.94. The van der Waals surface area contributed by atoms with Gasteiger partial charge < -0.3 is 4.74 Å². The highest BCUT2D eigenvalue weighted by atomic mass is 16.5. The highest BCUT2D eigenvalue weighted by Crippen LogP contribution is 2.32. The van der Waals surface area contributed by atoms with E-state index in [-0.39, 0.29) is 10.8 Å². The predicted octanol–water partition coefficient (Wildman–Crippen LogP) is 6.01. The first-order valence-electron chi connectivity index (χ1n) is 11.5. The molecule has 2 heterocycles. The van der Waals surface area contributed by atoms with Crippen molar-refractivity contribution in [1.82, 2.24) is 19.6 Å². The Labute approximate surface area is 191 Å². The van der Waals surface area contributed by atoms with Gasteiger partial charge >= 0.3 is 0 Å². The molecule has 5 heteroatoms. The van der Waals surface area contributed by atoms with Crippen LogP contribution in [-0.2, 0) is 28.7 Å². The second-order valence-corrected chi connectivity index (χ2v) is 10.6. The van der Waals surface area contributed by atoms with Gasteiger partial charge in [-0.05, 0) is 47.4 Å². The minimum Gasteiger partial charge on any atom is -0.383 e. The number of hydrogen-bond donors (Lipinski definition) is 0. The number of benzene rings is 2. The Morgan fingerprint density at radius 3 is 2.31 bits per heavy atom. The van der Waals surface area contributed by atoms with Crippen LogP contribution >= 0.6 is 0 Å². The lowest BCUT2D eigenvalue weighted by atomic mass is 9.81. The summed E-state index contributed by atoms with van der Waals surface area (Å²) >= 11 is 0. The van der Waals surface area contributed by atoms with E-state index in [2.05, 4.69) is 87.7 Å². The number of aryl methyl sites for hydroxylation is 2. The van der Waals surface area contributed by atoms with Gasteiger partial charge in [0.25, 0.3) is 0 Å². The van der Waals surface area contributed by atoms with Gasteiger partial charge in [0.15, 0.2) is 0 Å². The lowest BCUT2D eigenvalue weighted by Gasteiger charge is -2.26. The van der Waals surface area contributed by atoms with Crippen LogP contribution in [0, 0.1) is 6.92 Å². The maximum absolute atomic E-state index is 5.24. The quantitative estimate of drug-likeness (QED) is 0.359. The molecular weight excluding hydrogens is 396 g/mol. The Bertz CT molecular complexity index is 1240. The molecule has 0 aliphatic carbocycles. The van der Waals surface area contributed by atoms with Crippen molar-refractivity contribution in [3.63, 3.8) is 0 Å². The first-order chi connectivity index (χ1) is 15.1. The average Bonchev–Trinajstić information content (AvgIpc) is 3.30. The lowest BCUT2D eigenvalue weighted by molar-refractivity contribution is 0.185. The first-order valence-corrected chi connectivity index (χ1v) is 11.5. The van der Waals surface area contributed by atoms with Crippen LogP contribution in [0.25, 0.3) is 21.8 Å². The van der Waals surface area contributed by atoms with Crippen LogP contribution in [-0.4, -0.2) is 33.3 Å². The summed E-state index contributed by atoms with van der Waals surface area (Å²) < 4.78 is 9.48. The fraction of sp³-hybridized carbons (Fsp3) is 0.481. The Hall–Kier alpha value is -2.66. The second-order valence-electron chi connectivity index (χ2n) is 10.6. The van der Waals surface area contributed by atoms with Crippen LogP contribution < -0.4 is 0 Å². The van der Waals surface area contributed by atoms with Crippen molar-refractivity contribution in [3.8, 4) is 0 Å². The van der Waals surface area contributed by atoms with Gasteiger partial charge in [-0.2, -0.15) is 10.2 Å². The van der Waals surface area contributed by atoms with E-state index in [1.807, 2.05) is 10.9 Å². The van der Waals surface area contributed by atoms with E-state index in [1.165, 1.54) is 32.9 Å². The topological polar surface area (TPSA) is 44.9 Å². The molecule has 32 heavy (non-hydrogen) atoms. The largest absolute Gasteiger partial charge is 0.383 e. The molecule has 0 bridgehead atoms. The van der Waals surface area contributed by atoms with Crippen molar-refractivity contribution in [1.29, 1.82) is 0 Å². The molecule has 170 valence electrons. The number of aromatic nitrogens is 4. The normalized spacial score (nSPS) is 12.8. The minimum absolute atomic E-state index is 0.0123. The van der Waals surface area contributed by atoms with Gasteiger partial charge in [0.2, 0.25) is 0 Å². The van der Waals surface area contributed by atoms with Crippen LogP contribution in [0.5, 0.6) is 0 Å². The summed E-state index contributed by atoms with van der Waals surface area (Å²) in [5.74, 6) is 0. The number of hydrogen-bond acceptors (Lipinski definition) is 3. The molecule has 2 aromatic carbocycles. The fourth-order valence-corrected chi connectivity index (χ4v) is 4.35. The molecule has 0 spiro atoms. The summed E-state index contributed by atoms with van der Waals surface area (Å²) in [5, 5.41) is 11.8. The SMILES string of the molecule is COCCn1ncc2ccc(C(C)(C)CCn3nc(C)c4ccc(C(C)(C)C)cc43)cc21. The fourth-order valence-electron chi connectivity index (χ4n) is 4.35. The molecule has 2 aromatic heterocycles. The molecule has 0 saturated heterocycles. The molecule has 0 saturated carbocycles. The van der Waals surface area contributed by atoms with Gasteiger partial charge in [-0.25, -0.2) is 0 Å². The molecule has 0 atom stereocenters. The van der Waals surface area contributed by atoms with Crippen LogP contribution in [0.2, 0.25) is 0 Å². The molecule has 0 aliphatic heterocycles. The zero-order chi connectivity index (χ0) is 23.1. The van der Waals surface area contributed by atoms with Gasteiger partial charge in [0.1, 0.15) is 0 Å². The second kappa shape index (κ2) is 8.36. The third-order valence-electron chi connectivity index (χ3n) is 6.68. The number of nitrogens with zero attached hydrogens (tertiary/aromatic N) is 4. The molecule has 0 radical (unpaired) electrons. The van der Waals surface area contributed by atoms with Crippen molar-refractivity contribution < 1.29 is 4.74 Å². The monoisotopic (exact) mass is 432 g/mol. The van der Waals surface area contributed by atoms with Crippen LogP contribution in [0.15, 0.2) is 42.6 Å². The maximum Gasteiger partial charge on any atom is 0.0688 e. The Balaban J connectivity index is 1.61. The highest BCUT2D eigenvalue weighted by molar-refractivity contribution is 5.83. The molecule has 4 rings (SSSR count). The minimum atomic E-state index is 0.0123. The number of methoxy groups -OCH3 is 1. The third-order valence-corrected chi connectivity index (χ3v) is 6.68. The summed E-state index contributed by atoms with van der Waals surface area (Å²) in [5.41, 5.74) is 6.31. The lowest BCUT2D eigenvalue weighted by Crippen LogP contribution is -2.20. The summed E-state index contributed by atoms with van der Waals surface area (Å²) in [6.45, 7) is 15.8. The summed E-state index contributed by atoms with van der Waals surface area (Å²) in [6, 6.07) is 13.5. The maximum atomic E-state index is 5.24. The van der Waals surface area contributed by atoms with E-state index in [0.29, 0.717) is 6.61 Å². The van der Waals surface area contributed by atoms with Crippen molar-refractivity contribution in [2.45, 2.75) is 71.9 Å². The molecule has 0 amide bonds. The zero-order valence-electron chi connectivity index (χ0n) is 20.6. The van der Waals surface area contributed by atoms with E-state index in [4.69, 9.17) is 9.84 Å². The smallest absolute Gasteiger partial charge is 0.0688 e. The van der Waals surface area contributed by atoms with Crippen LogP contribution in [0.1, 0.15) is 57.9 Å². The van der Waals surface area contributed by atoms with Gasteiger partial charge in [0.05, 0.1) is 36.1 Å². The van der Waals surface area contributed by atoms with E-state index in [9.17, 15) is 0 Å². The van der Waals surface area contributed by atoms with Crippen LogP contribution in [0.3, 0.4) is 0 Å². The summed E-state index contributed by atoms with van der Waals surface area (Å²) in [7, 11) is 1.73. The average molecular weight is 433 g/mol. The highest BCUT2D eigenvalue weighted by Gasteiger charge is 2.23. The predicted molar refractivity (Wildman–Crippen MR) is 132 cm³/mol. The van der Waals surface area contributed by atoms with Crippen molar-refractivity contribution >= 4 is 21.8 Å².